The SMILES string of the molecule is CCCCCSSc1ccc([N+](=O)[O-])cc1[N+](=O)[O-]. The maximum atomic E-state index is 10.9. The largest absolute Gasteiger partial charge is 0.290 e. The lowest BCUT2D eigenvalue weighted by Gasteiger charge is -2.02. The van der Waals surface area contributed by atoms with Crippen LogP contribution in [-0.4, -0.2) is 15.6 Å². The summed E-state index contributed by atoms with van der Waals surface area (Å²) in [5.74, 6) is 0.909. The van der Waals surface area contributed by atoms with Crippen LogP contribution in [0.2, 0.25) is 0 Å². The third-order valence-electron chi connectivity index (χ3n) is 2.33. The third kappa shape index (κ3) is 5.07. The fourth-order valence-corrected chi connectivity index (χ4v) is 3.63. The minimum absolute atomic E-state index is 0.206. The first-order valence-electron chi connectivity index (χ1n) is 5.78. The molecule has 0 spiro atoms. The topological polar surface area (TPSA) is 86.3 Å². The van der Waals surface area contributed by atoms with Gasteiger partial charge in [-0.2, -0.15) is 0 Å². The number of hydrogen-bond donors (Lipinski definition) is 0. The quantitative estimate of drug-likeness (QED) is 0.305. The monoisotopic (exact) mass is 302 g/mol. The lowest BCUT2D eigenvalue weighted by Crippen LogP contribution is -1.94. The molecule has 0 aliphatic rings. The second kappa shape index (κ2) is 8.00. The van der Waals surface area contributed by atoms with Crippen LogP contribution >= 0.6 is 21.6 Å². The van der Waals surface area contributed by atoms with E-state index in [1.54, 1.807) is 0 Å². The first kappa shape index (κ1) is 15.8. The molecular formula is C11H14N2O4S2. The molecule has 0 saturated carbocycles. The van der Waals surface area contributed by atoms with Crippen LogP contribution in [0, 0.1) is 20.2 Å². The lowest BCUT2D eigenvalue weighted by molar-refractivity contribution is -0.396. The summed E-state index contributed by atoms with van der Waals surface area (Å²) in [5, 5.41) is 21.5. The number of non-ortho nitro benzene ring substituents is 1. The van der Waals surface area contributed by atoms with Crippen LogP contribution in [0.25, 0.3) is 0 Å². The van der Waals surface area contributed by atoms with Gasteiger partial charge in [-0.25, -0.2) is 0 Å². The molecule has 0 atom stereocenters. The van der Waals surface area contributed by atoms with E-state index in [0.717, 1.165) is 31.1 Å². The number of rotatable bonds is 8. The summed E-state index contributed by atoms with van der Waals surface area (Å²) >= 11 is 0. The van der Waals surface area contributed by atoms with Crippen LogP contribution < -0.4 is 0 Å². The Bertz CT molecular complexity index is 468. The molecule has 0 radical (unpaired) electrons. The number of nitro groups is 2. The lowest BCUT2D eigenvalue weighted by atomic mass is 10.3. The van der Waals surface area contributed by atoms with E-state index in [1.165, 1.54) is 33.7 Å². The van der Waals surface area contributed by atoms with Crippen molar-refractivity contribution in [2.24, 2.45) is 0 Å². The van der Waals surface area contributed by atoms with Gasteiger partial charge in [0.15, 0.2) is 0 Å². The molecule has 104 valence electrons. The van der Waals surface area contributed by atoms with Gasteiger partial charge in [0.1, 0.15) is 0 Å². The summed E-state index contributed by atoms with van der Waals surface area (Å²) in [6.45, 7) is 2.11. The Hall–Kier alpha value is -1.28. The van der Waals surface area contributed by atoms with E-state index in [-0.39, 0.29) is 11.4 Å². The number of nitro benzene ring substituents is 2. The Balaban J connectivity index is 2.71. The van der Waals surface area contributed by atoms with Crippen molar-refractivity contribution in [3.8, 4) is 0 Å². The number of benzene rings is 1. The molecule has 1 aromatic rings. The Morgan fingerprint density at radius 1 is 1.16 bits per heavy atom. The average molecular weight is 302 g/mol. The van der Waals surface area contributed by atoms with E-state index in [0.29, 0.717) is 4.90 Å². The molecule has 0 amide bonds. The van der Waals surface area contributed by atoms with Crippen molar-refractivity contribution < 1.29 is 9.85 Å². The summed E-state index contributed by atoms with van der Waals surface area (Å²) in [6, 6.07) is 3.74. The van der Waals surface area contributed by atoms with Crippen molar-refractivity contribution in [2.75, 3.05) is 5.75 Å². The molecule has 0 N–H and O–H groups in total. The van der Waals surface area contributed by atoms with Crippen LogP contribution in [0.3, 0.4) is 0 Å². The molecule has 19 heavy (non-hydrogen) atoms. The van der Waals surface area contributed by atoms with E-state index in [9.17, 15) is 20.2 Å². The first-order valence-corrected chi connectivity index (χ1v) is 8.10. The van der Waals surface area contributed by atoms with Crippen LogP contribution in [0.4, 0.5) is 11.4 Å². The Morgan fingerprint density at radius 3 is 2.47 bits per heavy atom. The first-order chi connectivity index (χ1) is 9.06. The summed E-state index contributed by atoms with van der Waals surface area (Å²) in [5.41, 5.74) is -0.464. The summed E-state index contributed by atoms with van der Waals surface area (Å²) in [7, 11) is 2.83. The summed E-state index contributed by atoms with van der Waals surface area (Å²) in [4.78, 5) is 20.7. The van der Waals surface area contributed by atoms with Gasteiger partial charge in [0.05, 0.1) is 20.8 Å². The zero-order valence-electron chi connectivity index (χ0n) is 10.4. The van der Waals surface area contributed by atoms with Gasteiger partial charge in [-0.3, -0.25) is 20.2 Å². The maximum Gasteiger partial charge on any atom is 0.290 e. The number of nitrogens with zero attached hydrogens (tertiary/aromatic N) is 2. The zero-order chi connectivity index (χ0) is 14.3. The minimum atomic E-state index is -0.629. The van der Waals surface area contributed by atoms with Crippen molar-refractivity contribution >= 4 is 33.0 Å². The maximum absolute atomic E-state index is 10.9. The van der Waals surface area contributed by atoms with Gasteiger partial charge in [-0.1, -0.05) is 41.4 Å². The summed E-state index contributed by atoms with van der Waals surface area (Å²) in [6.07, 6.45) is 3.33. The second-order valence-corrected chi connectivity index (χ2v) is 6.24. The predicted molar refractivity (Wildman–Crippen MR) is 77.6 cm³/mol. The van der Waals surface area contributed by atoms with Crippen LogP contribution in [0.1, 0.15) is 26.2 Å². The van der Waals surface area contributed by atoms with Crippen molar-refractivity contribution in [1.29, 1.82) is 0 Å². The van der Waals surface area contributed by atoms with Crippen LogP contribution in [0.5, 0.6) is 0 Å². The van der Waals surface area contributed by atoms with Gasteiger partial charge < -0.3 is 0 Å². The molecule has 0 aliphatic heterocycles. The van der Waals surface area contributed by atoms with E-state index in [1.807, 2.05) is 0 Å². The molecule has 1 rings (SSSR count). The van der Waals surface area contributed by atoms with Crippen molar-refractivity contribution in [2.45, 2.75) is 31.1 Å². The van der Waals surface area contributed by atoms with E-state index in [2.05, 4.69) is 6.92 Å². The highest BCUT2D eigenvalue weighted by molar-refractivity contribution is 8.76. The fraction of sp³-hybridized carbons (Fsp3) is 0.455. The highest BCUT2D eigenvalue weighted by Crippen LogP contribution is 2.39. The van der Waals surface area contributed by atoms with E-state index < -0.39 is 9.85 Å². The standard InChI is InChI=1S/C11H14N2O4S2/c1-2-3-4-7-18-19-11-6-5-9(12(14)15)8-10(11)13(16)17/h5-6,8H,2-4,7H2,1H3. The number of unbranched alkanes of at least 4 members (excludes halogenated alkanes) is 2. The zero-order valence-corrected chi connectivity index (χ0v) is 12.0. The Labute approximate surface area is 118 Å². The fourth-order valence-electron chi connectivity index (χ4n) is 1.35. The highest BCUT2D eigenvalue weighted by Gasteiger charge is 2.19. The van der Waals surface area contributed by atoms with Gasteiger partial charge in [-0.05, 0) is 12.5 Å². The number of hydrogen-bond acceptors (Lipinski definition) is 6. The molecule has 8 heteroatoms. The summed E-state index contributed by atoms with van der Waals surface area (Å²) < 4.78 is 0. The molecule has 0 fully saturated rings. The van der Waals surface area contributed by atoms with Crippen LogP contribution in [0.15, 0.2) is 23.1 Å². The molecule has 0 unspecified atom stereocenters. The molecule has 1 aromatic carbocycles. The smallest absolute Gasteiger partial charge is 0.258 e. The average Bonchev–Trinajstić information content (AvgIpc) is 2.38. The van der Waals surface area contributed by atoms with Crippen LogP contribution in [-0.2, 0) is 0 Å². The molecule has 0 heterocycles. The minimum Gasteiger partial charge on any atom is -0.258 e. The highest BCUT2D eigenvalue weighted by atomic mass is 33.1. The molecule has 0 bridgehead atoms. The predicted octanol–water partition coefficient (Wildman–Crippen LogP) is 4.43. The molecule has 0 saturated heterocycles. The Kier molecular flexibility index (Phi) is 6.65. The van der Waals surface area contributed by atoms with E-state index >= 15 is 0 Å². The second-order valence-electron chi connectivity index (χ2n) is 3.78. The molecule has 0 aromatic heterocycles. The van der Waals surface area contributed by atoms with Crippen molar-refractivity contribution in [1.82, 2.24) is 0 Å². The molecule has 6 nitrogen and oxygen atoms in total. The van der Waals surface area contributed by atoms with Crippen molar-refractivity contribution in [3.05, 3.63) is 38.4 Å². The van der Waals surface area contributed by atoms with E-state index in [4.69, 9.17) is 0 Å². The van der Waals surface area contributed by atoms with Gasteiger partial charge >= 0.3 is 0 Å². The molecular weight excluding hydrogens is 288 g/mol. The normalized spacial score (nSPS) is 10.4. The van der Waals surface area contributed by atoms with Gasteiger partial charge in [0.2, 0.25) is 0 Å². The Morgan fingerprint density at radius 2 is 1.89 bits per heavy atom. The van der Waals surface area contributed by atoms with Gasteiger partial charge in [0, 0.05) is 11.8 Å². The van der Waals surface area contributed by atoms with Gasteiger partial charge in [-0.15, -0.1) is 0 Å². The van der Waals surface area contributed by atoms with Crippen molar-refractivity contribution in [3.63, 3.8) is 0 Å². The third-order valence-corrected chi connectivity index (χ3v) is 4.82. The van der Waals surface area contributed by atoms with Gasteiger partial charge in [0.25, 0.3) is 11.4 Å². The molecule has 0 aliphatic carbocycles.